The molecule has 1 atom stereocenters. The minimum Gasteiger partial charge on any atom is -0.488 e. The van der Waals surface area contributed by atoms with Crippen LogP contribution >= 0.6 is 0 Å². The first kappa shape index (κ1) is 23.2. The number of allylic oxidation sites excluding steroid dienone is 3. The van der Waals surface area contributed by atoms with Gasteiger partial charge in [-0.05, 0) is 37.1 Å². The van der Waals surface area contributed by atoms with Crippen LogP contribution in [0.5, 0.6) is 5.88 Å². The van der Waals surface area contributed by atoms with E-state index in [4.69, 9.17) is 14.2 Å². The normalized spacial score (nSPS) is 19.0. The maximum atomic E-state index is 12.8. The van der Waals surface area contributed by atoms with Crippen molar-refractivity contribution in [2.24, 2.45) is 0 Å². The van der Waals surface area contributed by atoms with Gasteiger partial charge in [-0.1, -0.05) is 6.08 Å². The second-order valence-corrected chi connectivity index (χ2v) is 8.47. The second kappa shape index (κ2) is 10.4. The number of pyridine rings is 2. The molecule has 0 unspecified atom stereocenters. The molecule has 0 N–H and O–H groups in total. The smallest absolute Gasteiger partial charge is 0.254 e. The van der Waals surface area contributed by atoms with Crippen molar-refractivity contribution in [3.8, 4) is 11.9 Å². The van der Waals surface area contributed by atoms with Crippen molar-refractivity contribution in [1.29, 1.82) is 5.26 Å². The predicted octanol–water partition coefficient (Wildman–Crippen LogP) is 4.04. The Morgan fingerprint density at radius 2 is 2.17 bits per heavy atom. The van der Waals surface area contributed by atoms with Crippen LogP contribution < -0.4 is 9.64 Å². The molecule has 182 valence electrons. The lowest BCUT2D eigenvalue weighted by Gasteiger charge is -2.26. The van der Waals surface area contributed by atoms with Crippen molar-refractivity contribution in [2.45, 2.75) is 25.4 Å². The van der Waals surface area contributed by atoms with Crippen molar-refractivity contribution < 1.29 is 19.0 Å². The highest BCUT2D eigenvalue weighted by Crippen LogP contribution is 2.33. The molecule has 0 saturated carbocycles. The molecule has 2 aromatic rings. The minimum atomic E-state index is -0.108. The van der Waals surface area contributed by atoms with Gasteiger partial charge < -0.3 is 24.0 Å². The summed E-state index contributed by atoms with van der Waals surface area (Å²) in [7, 11) is 1.48. The largest absolute Gasteiger partial charge is 0.488 e. The fourth-order valence-corrected chi connectivity index (χ4v) is 4.37. The SMILES string of the molecule is COc1ncc(N2C=COC(C3=C(O[C@H]4CCN(C(=O)c5ccncc5)C4)C=CCC3)=C2)cc1C#N. The van der Waals surface area contributed by atoms with Gasteiger partial charge in [-0.3, -0.25) is 9.78 Å². The van der Waals surface area contributed by atoms with Gasteiger partial charge >= 0.3 is 0 Å². The first-order valence-corrected chi connectivity index (χ1v) is 11.7. The van der Waals surface area contributed by atoms with Crippen LogP contribution in [0.1, 0.15) is 35.2 Å². The van der Waals surface area contributed by atoms with Crippen LogP contribution in [0.15, 0.2) is 84.7 Å². The van der Waals surface area contributed by atoms with Gasteiger partial charge in [0.1, 0.15) is 35.5 Å². The molecular formula is C27H25N5O4. The standard InChI is InChI=1S/C27H25N5O4/c1-34-26-20(15-28)14-21(16-30-26)31-12-13-35-25(18-31)23-4-2-3-5-24(23)36-22-8-11-32(17-22)27(33)19-6-9-29-10-7-19/h3,5-7,9-10,12-14,16,18,22H,2,4,8,11,17H2,1H3/t22-/m0/s1. The van der Waals surface area contributed by atoms with Gasteiger partial charge in [-0.15, -0.1) is 0 Å². The highest BCUT2D eigenvalue weighted by atomic mass is 16.5. The average molecular weight is 484 g/mol. The number of anilines is 1. The molecule has 9 nitrogen and oxygen atoms in total. The summed E-state index contributed by atoms with van der Waals surface area (Å²) in [6, 6.07) is 7.28. The molecule has 4 heterocycles. The van der Waals surface area contributed by atoms with Crippen LogP contribution in [0.3, 0.4) is 0 Å². The van der Waals surface area contributed by atoms with Crippen molar-refractivity contribution in [1.82, 2.24) is 14.9 Å². The highest BCUT2D eigenvalue weighted by Gasteiger charge is 2.30. The first-order chi connectivity index (χ1) is 17.7. The molecule has 0 radical (unpaired) electrons. The lowest BCUT2D eigenvalue weighted by molar-refractivity contribution is 0.0742. The zero-order valence-corrected chi connectivity index (χ0v) is 19.8. The maximum Gasteiger partial charge on any atom is 0.254 e. The Morgan fingerprint density at radius 1 is 1.31 bits per heavy atom. The van der Waals surface area contributed by atoms with Crippen LogP contribution in [0.25, 0.3) is 0 Å². The molecule has 36 heavy (non-hydrogen) atoms. The van der Waals surface area contributed by atoms with E-state index in [1.54, 1.807) is 49.3 Å². The highest BCUT2D eigenvalue weighted by molar-refractivity contribution is 5.94. The fourth-order valence-electron chi connectivity index (χ4n) is 4.37. The number of likely N-dealkylation sites (tertiary alicyclic amines) is 1. The van der Waals surface area contributed by atoms with Gasteiger partial charge in [-0.2, -0.15) is 5.26 Å². The molecule has 2 aliphatic heterocycles. The molecule has 0 spiro atoms. The first-order valence-electron chi connectivity index (χ1n) is 11.7. The summed E-state index contributed by atoms with van der Waals surface area (Å²) < 4.78 is 17.4. The van der Waals surface area contributed by atoms with Crippen molar-refractivity contribution >= 4 is 11.6 Å². The van der Waals surface area contributed by atoms with Gasteiger partial charge in [-0.25, -0.2) is 4.98 Å². The Morgan fingerprint density at radius 3 is 2.97 bits per heavy atom. The number of carbonyl (C=O) groups is 1. The van der Waals surface area contributed by atoms with Crippen molar-refractivity contribution in [2.75, 3.05) is 25.1 Å². The van der Waals surface area contributed by atoms with Crippen molar-refractivity contribution in [3.63, 3.8) is 0 Å². The number of methoxy groups -OCH3 is 1. The van der Waals surface area contributed by atoms with Gasteiger partial charge in [0.05, 0.1) is 31.7 Å². The Balaban J connectivity index is 1.33. The summed E-state index contributed by atoms with van der Waals surface area (Å²) in [6.07, 6.45) is 16.4. The molecule has 1 fully saturated rings. The van der Waals surface area contributed by atoms with Crippen LogP contribution in [-0.2, 0) is 9.47 Å². The Hall–Kier alpha value is -4.58. The summed E-state index contributed by atoms with van der Waals surface area (Å²) in [5.41, 5.74) is 2.64. The molecule has 0 bridgehead atoms. The number of rotatable bonds is 6. The summed E-state index contributed by atoms with van der Waals surface area (Å²) in [4.78, 5) is 24.7. The van der Waals surface area contributed by atoms with E-state index in [2.05, 4.69) is 22.1 Å². The third-order valence-corrected chi connectivity index (χ3v) is 6.20. The van der Waals surface area contributed by atoms with E-state index in [0.29, 0.717) is 35.7 Å². The van der Waals surface area contributed by atoms with Crippen LogP contribution in [0.2, 0.25) is 0 Å². The van der Waals surface area contributed by atoms with Crippen LogP contribution in [0.4, 0.5) is 5.69 Å². The monoisotopic (exact) mass is 483 g/mol. The zero-order valence-electron chi connectivity index (χ0n) is 19.8. The molecule has 2 aromatic heterocycles. The second-order valence-electron chi connectivity index (χ2n) is 8.47. The lowest BCUT2D eigenvalue weighted by atomic mass is 10.0. The molecule has 1 saturated heterocycles. The number of aromatic nitrogens is 2. The summed E-state index contributed by atoms with van der Waals surface area (Å²) in [5, 5.41) is 9.41. The topological polar surface area (TPSA) is 101 Å². The van der Waals surface area contributed by atoms with E-state index in [0.717, 1.165) is 30.6 Å². The summed E-state index contributed by atoms with van der Waals surface area (Å²) in [5.74, 6) is 1.68. The zero-order chi connectivity index (χ0) is 24.9. The Bertz CT molecular complexity index is 1310. The molecule has 3 aliphatic rings. The summed E-state index contributed by atoms with van der Waals surface area (Å²) in [6.45, 7) is 1.16. The number of amides is 1. The van der Waals surface area contributed by atoms with Gasteiger partial charge in [0.15, 0.2) is 0 Å². The lowest BCUT2D eigenvalue weighted by Crippen LogP contribution is -2.30. The number of nitriles is 1. The molecule has 1 aliphatic carbocycles. The van der Waals surface area contributed by atoms with E-state index in [-0.39, 0.29) is 17.9 Å². The molecule has 9 heteroatoms. The predicted molar refractivity (Wildman–Crippen MR) is 131 cm³/mol. The van der Waals surface area contributed by atoms with Crippen molar-refractivity contribution in [3.05, 3.63) is 95.8 Å². The third-order valence-electron chi connectivity index (χ3n) is 6.20. The number of nitrogens with zero attached hydrogens (tertiary/aromatic N) is 5. The van der Waals surface area contributed by atoms with E-state index < -0.39 is 0 Å². The molecule has 5 rings (SSSR count). The number of hydrogen-bond donors (Lipinski definition) is 0. The van der Waals surface area contributed by atoms with E-state index in [1.807, 2.05) is 22.1 Å². The van der Waals surface area contributed by atoms with Gasteiger partial charge in [0.2, 0.25) is 5.88 Å². The number of carbonyl (C=O) groups excluding carboxylic acids is 1. The number of hydrogen-bond acceptors (Lipinski definition) is 8. The quantitative estimate of drug-likeness (QED) is 0.607. The maximum absolute atomic E-state index is 12.8. The fraction of sp³-hybridized carbons (Fsp3) is 0.259. The van der Waals surface area contributed by atoms with Gasteiger partial charge in [0.25, 0.3) is 5.91 Å². The van der Waals surface area contributed by atoms with Gasteiger partial charge in [0, 0.05) is 42.7 Å². The average Bonchev–Trinajstić information content (AvgIpc) is 3.41. The van der Waals surface area contributed by atoms with E-state index >= 15 is 0 Å². The van der Waals surface area contributed by atoms with Crippen LogP contribution in [0, 0.1) is 11.3 Å². The summed E-state index contributed by atoms with van der Waals surface area (Å²) >= 11 is 0. The van der Waals surface area contributed by atoms with E-state index in [1.165, 1.54) is 7.11 Å². The molecule has 1 amide bonds. The third kappa shape index (κ3) is 4.79. The molecular weight excluding hydrogens is 458 g/mol. The Labute approximate surface area is 209 Å². The molecule has 0 aromatic carbocycles. The van der Waals surface area contributed by atoms with Crippen LogP contribution in [-0.4, -0.2) is 47.1 Å². The number of ether oxygens (including phenoxy) is 3. The minimum absolute atomic E-state index is 0.0131. The Kier molecular flexibility index (Phi) is 6.67. The van der Waals surface area contributed by atoms with E-state index in [9.17, 15) is 10.1 Å².